The van der Waals surface area contributed by atoms with Crippen molar-refractivity contribution in [3.8, 4) is 0 Å². The second-order valence-corrected chi connectivity index (χ2v) is 4.62. The van der Waals surface area contributed by atoms with Crippen LogP contribution in [-0.2, 0) is 18.9 Å². The van der Waals surface area contributed by atoms with Gasteiger partial charge in [0.25, 0.3) is 12.0 Å². The van der Waals surface area contributed by atoms with Crippen LogP contribution < -0.4 is 11.2 Å². The van der Waals surface area contributed by atoms with Gasteiger partial charge in [-0.25, -0.2) is 4.79 Å². The number of hydrogen-bond acceptors (Lipinski definition) is 8. The SMILES string of the molecule is COC(OC)O[C@@H]1[C@H](O)[C@@H](CO)O[C@H]1n1ccc(=O)[nH]c1=O. The Kier molecular flexibility index (Phi) is 5.45. The van der Waals surface area contributed by atoms with Crippen molar-refractivity contribution in [2.24, 2.45) is 0 Å². The van der Waals surface area contributed by atoms with Gasteiger partial charge in [-0.05, 0) is 0 Å². The highest BCUT2D eigenvalue weighted by Gasteiger charge is 2.46. The van der Waals surface area contributed by atoms with Gasteiger partial charge in [0.1, 0.15) is 18.3 Å². The van der Waals surface area contributed by atoms with E-state index >= 15 is 0 Å². The summed E-state index contributed by atoms with van der Waals surface area (Å²) in [5.41, 5.74) is -1.30. The zero-order chi connectivity index (χ0) is 16.3. The Labute approximate surface area is 124 Å². The fraction of sp³-hybridized carbons (Fsp3) is 0.667. The lowest BCUT2D eigenvalue weighted by Crippen LogP contribution is -2.41. The molecule has 0 spiro atoms. The molecule has 3 N–H and O–H groups in total. The summed E-state index contributed by atoms with van der Waals surface area (Å²) >= 11 is 0. The van der Waals surface area contributed by atoms with E-state index in [-0.39, 0.29) is 0 Å². The third-order valence-corrected chi connectivity index (χ3v) is 3.27. The van der Waals surface area contributed by atoms with Crippen LogP contribution in [0.1, 0.15) is 6.23 Å². The van der Waals surface area contributed by atoms with Gasteiger partial charge in [0.05, 0.1) is 6.61 Å². The van der Waals surface area contributed by atoms with Gasteiger partial charge in [-0.2, -0.15) is 0 Å². The van der Waals surface area contributed by atoms with Crippen molar-refractivity contribution in [3.05, 3.63) is 33.1 Å². The van der Waals surface area contributed by atoms with Gasteiger partial charge in [-0.15, -0.1) is 0 Å². The zero-order valence-corrected chi connectivity index (χ0v) is 12.0. The number of hydrogen-bond donors (Lipinski definition) is 3. The molecule has 4 atom stereocenters. The Morgan fingerprint density at radius 1 is 1.41 bits per heavy atom. The van der Waals surface area contributed by atoms with Crippen LogP contribution >= 0.6 is 0 Å². The summed E-state index contributed by atoms with van der Waals surface area (Å²) in [6, 6.07) is 1.13. The van der Waals surface area contributed by atoms with Gasteiger partial charge in [0.15, 0.2) is 6.23 Å². The minimum atomic E-state index is -1.22. The standard InChI is InChI=1S/C12H18N2O8/c1-19-12(20-2)22-9-8(17)6(5-15)21-10(9)14-4-3-7(16)13-11(14)18/h3-4,6,8-10,12,15,17H,5H2,1-2H3,(H,13,16,18)/t6-,8-,9-,10-/m1/s1. The molecule has 124 valence electrons. The first-order valence-corrected chi connectivity index (χ1v) is 6.48. The molecule has 1 fully saturated rings. The number of aromatic amines is 1. The third kappa shape index (κ3) is 3.27. The molecule has 22 heavy (non-hydrogen) atoms. The molecule has 1 aromatic rings. The van der Waals surface area contributed by atoms with Crippen LogP contribution in [0.5, 0.6) is 0 Å². The molecule has 0 aromatic carbocycles. The maximum atomic E-state index is 11.9. The van der Waals surface area contributed by atoms with Crippen molar-refractivity contribution in [2.75, 3.05) is 20.8 Å². The molecule has 2 heterocycles. The lowest BCUT2D eigenvalue weighted by molar-refractivity contribution is -0.299. The topological polar surface area (TPSA) is 132 Å². The number of methoxy groups -OCH3 is 2. The van der Waals surface area contributed by atoms with Crippen LogP contribution in [0.15, 0.2) is 21.9 Å². The smallest absolute Gasteiger partial charge is 0.330 e. The number of nitrogens with one attached hydrogen (secondary N) is 1. The van der Waals surface area contributed by atoms with Gasteiger partial charge >= 0.3 is 5.69 Å². The first-order chi connectivity index (χ1) is 10.5. The predicted octanol–water partition coefficient (Wildman–Crippen LogP) is -2.25. The lowest BCUT2D eigenvalue weighted by atomic mass is 10.1. The van der Waals surface area contributed by atoms with Crippen LogP contribution in [0.25, 0.3) is 0 Å². The summed E-state index contributed by atoms with van der Waals surface area (Å²) in [6.07, 6.45) is -3.08. The van der Waals surface area contributed by atoms with Crippen molar-refractivity contribution >= 4 is 0 Å². The highest BCUT2D eigenvalue weighted by molar-refractivity contribution is 4.93. The Morgan fingerprint density at radius 2 is 2.09 bits per heavy atom. The van der Waals surface area contributed by atoms with Gasteiger partial charge in [-0.1, -0.05) is 0 Å². The lowest BCUT2D eigenvalue weighted by Gasteiger charge is -2.25. The molecule has 1 aliphatic rings. The minimum Gasteiger partial charge on any atom is -0.394 e. The van der Waals surface area contributed by atoms with Crippen LogP contribution in [-0.4, -0.2) is 65.4 Å². The highest BCUT2D eigenvalue weighted by Crippen LogP contribution is 2.31. The zero-order valence-electron chi connectivity index (χ0n) is 12.0. The normalized spacial score (nSPS) is 28.4. The summed E-state index contributed by atoms with van der Waals surface area (Å²) < 4.78 is 21.7. The molecule has 1 aliphatic heterocycles. The van der Waals surface area contributed by atoms with E-state index in [2.05, 4.69) is 4.98 Å². The molecule has 1 saturated heterocycles. The largest absolute Gasteiger partial charge is 0.394 e. The number of aliphatic hydroxyl groups is 2. The molecule has 0 aliphatic carbocycles. The molecule has 0 unspecified atom stereocenters. The molecule has 1 aromatic heterocycles. The van der Waals surface area contributed by atoms with E-state index < -0.39 is 48.9 Å². The van der Waals surface area contributed by atoms with Crippen LogP contribution in [0.2, 0.25) is 0 Å². The maximum Gasteiger partial charge on any atom is 0.330 e. The van der Waals surface area contributed by atoms with Crippen molar-refractivity contribution in [2.45, 2.75) is 31.0 Å². The Morgan fingerprint density at radius 3 is 2.64 bits per heavy atom. The molecule has 10 heteroatoms. The number of aliphatic hydroxyl groups excluding tert-OH is 2. The van der Waals surface area contributed by atoms with Gasteiger partial charge in [0, 0.05) is 26.5 Å². The molecule has 0 bridgehead atoms. The van der Waals surface area contributed by atoms with E-state index in [4.69, 9.17) is 18.9 Å². The molecular weight excluding hydrogens is 300 g/mol. The first-order valence-electron chi connectivity index (χ1n) is 6.48. The summed E-state index contributed by atoms with van der Waals surface area (Å²) in [7, 11) is 2.67. The number of rotatable bonds is 6. The van der Waals surface area contributed by atoms with E-state index in [9.17, 15) is 19.8 Å². The predicted molar refractivity (Wildman–Crippen MR) is 71.0 cm³/mol. The van der Waals surface area contributed by atoms with E-state index in [1.165, 1.54) is 20.4 Å². The number of H-pyrrole nitrogens is 1. The van der Waals surface area contributed by atoms with Crippen molar-refractivity contribution in [3.63, 3.8) is 0 Å². The van der Waals surface area contributed by atoms with Crippen LogP contribution in [0, 0.1) is 0 Å². The van der Waals surface area contributed by atoms with E-state index in [1.54, 1.807) is 0 Å². The summed E-state index contributed by atoms with van der Waals surface area (Å²) in [5.74, 6) is 0. The van der Waals surface area contributed by atoms with Gasteiger partial charge in [-0.3, -0.25) is 14.3 Å². The Bertz CT molecular complexity index is 595. The van der Waals surface area contributed by atoms with Crippen LogP contribution in [0.3, 0.4) is 0 Å². The van der Waals surface area contributed by atoms with Crippen molar-refractivity contribution in [1.82, 2.24) is 9.55 Å². The number of aromatic nitrogens is 2. The highest BCUT2D eigenvalue weighted by atomic mass is 16.8. The average molecular weight is 318 g/mol. The second-order valence-electron chi connectivity index (χ2n) is 4.62. The number of ether oxygens (including phenoxy) is 4. The van der Waals surface area contributed by atoms with Crippen molar-refractivity contribution in [1.29, 1.82) is 0 Å². The monoisotopic (exact) mass is 318 g/mol. The van der Waals surface area contributed by atoms with E-state index in [0.717, 1.165) is 10.6 Å². The Hall–Kier alpha value is -1.56. The fourth-order valence-corrected chi connectivity index (χ4v) is 2.20. The fourth-order valence-electron chi connectivity index (χ4n) is 2.20. The van der Waals surface area contributed by atoms with Gasteiger partial charge < -0.3 is 29.2 Å². The molecular formula is C12H18N2O8. The van der Waals surface area contributed by atoms with E-state index in [1.807, 2.05) is 0 Å². The molecule has 0 radical (unpaired) electrons. The summed E-state index contributed by atoms with van der Waals surface area (Å²) in [4.78, 5) is 25.1. The molecule has 0 saturated carbocycles. The molecule has 0 amide bonds. The number of nitrogens with zero attached hydrogens (tertiary/aromatic N) is 1. The van der Waals surface area contributed by atoms with Crippen LogP contribution in [0.4, 0.5) is 0 Å². The maximum absolute atomic E-state index is 11.9. The Balaban J connectivity index is 2.33. The second kappa shape index (κ2) is 7.13. The summed E-state index contributed by atoms with van der Waals surface area (Å²) in [5, 5.41) is 19.4. The van der Waals surface area contributed by atoms with Gasteiger partial charge in [0.2, 0.25) is 0 Å². The molecule has 10 nitrogen and oxygen atoms in total. The van der Waals surface area contributed by atoms with E-state index in [0.29, 0.717) is 0 Å². The average Bonchev–Trinajstić information content (AvgIpc) is 2.81. The third-order valence-electron chi connectivity index (χ3n) is 3.27. The summed E-state index contributed by atoms with van der Waals surface area (Å²) in [6.45, 7) is -1.57. The molecule has 2 rings (SSSR count). The first kappa shape index (κ1) is 16.8. The minimum absolute atomic E-state index is 0.472. The van der Waals surface area contributed by atoms with Crippen molar-refractivity contribution < 1.29 is 29.2 Å². The quantitative estimate of drug-likeness (QED) is 0.501.